The minimum atomic E-state index is -0.954. The van der Waals surface area contributed by atoms with E-state index in [2.05, 4.69) is 20.8 Å². The van der Waals surface area contributed by atoms with Gasteiger partial charge in [-0.2, -0.15) is 0 Å². The number of unbranched alkanes of at least 4 members (excludes halogenated alkanes) is 23. The van der Waals surface area contributed by atoms with Gasteiger partial charge in [0.2, 0.25) is 0 Å². The standard InChI is InChI=1S/C37H72O5/c1-4-5-6-7-8-9-10-15-18-21-24-27-30-36(39)41-32-35(38)33-42-37(40)31-28-25-22-19-16-13-11-12-14-17-20-23-26-29-34(2)3/h34-35,38H,4-33H2,1-3H3/t35-/m0/s1. The molecule has 0 radical (unpaired) electrons. The number of ether oxygens (including phenoxy) is 2. The first kappa shape index (κ1) is 40.9. The van der Waals surface area contributed by atoms with Crippen molar-refractivity contribution in [3.8, 4) is 0 Å². The van der Waals surface area contributed by atoms with Crippen LogP contribution in [0.15, 0.2) is 0 Å². The highest BCUT2D eigenvalue weighted by molar-refractivity contribution is 5.69. The number of hydrogen-bond acceptors (Lipinski definition) is 5. The van der Waals surface area contributed by atoms with E-state index < -0.39 is 6.10 Å². The van der Waals surface area contributed by atoms with Crippen molar-refractivity contribution in [2.45, 2.75) is 207 Å². The van der Waals surface area contributed by atoms with Crippen LogP contribution >= 0.6 is 0 Å². The summed E-state index contributed by atoms with van der Waals surface area (Å²) >= 11 is 0. The maximum Gasteiger partial charge on any atom is 0.305 e. The average molecular weight is 597 g/mol. The van der Waals surface area contributed by atoms with Crippen molar-refractivity contribution in [1.29, 1.82) is 0 Å². The molecule has 0 aromatic carbocycles. The van der Waals surface area contributed by atoms with Crippen molar-refractivity contribution in [2.24, 2.45) is 5.92 Å². The van der Waals surface area contributed by atoms with Crippen LogP contribution in [0, 0.1) is 5.92 Å². The molecule has 0 aliphatic rings. The summed E-state index contributed by atoms with van der Waals surface area (Å²) < 4.78 is 10.3. The van der Waals surface area contributed by atoms with Crippen LogP contribution in [0.1, 0.15) is 201 Å². The molecular weight excluding hydrogens is 524 g/mol. The molecule has 0 aromatic rings. The van der Waals surface area contributed by atoms with Gasteiger partial charge in [-0.3, -0.25) is 9.59 Å². The normalized spacial score (nSPS) is 12.1. The van der Waals surface area contributed by atoms with E-state index in [1.807, 2.05) is 0 Å². The number of esters is 2. The molecule has 0 spiro atoms. The molecule has 0 aromatic heterocycles. The quantitative estimate of drug-likeness (QED) is 0.0602. The van der Waals surface area contributed by atoms with Gasteiger partial charge >= 0.3 is 11.9 Å². The number of carbonyl (C=O) groups excluding carboxylic acids is 2. The van der Waals surface area contributed by atoms with Crippen molar-refractivity contribution in [1.82, 2.24) is 0 Å². The van der Waals surface area contributed by atoms with Crippen LogP contribution in [-0.4, -0.2) is 36.4 Å². The van der Waals surface area contributed by atoms with Gasteiger partial charge in [0.05, 0.1) is 0 Å². The lowest BCUT2D eigenvalue weighted by molar-refractivity contribution is -0.152. The molecule has 5 heteroatoms. The maximum atomic E-state index is 11.9. The van der Waals surface area contributed by atoms with Crippen molar-refractivity contribution >= 4 is 11.9 Å². The van der Waals surface area contributed by atoms with Crippen LogP contribution in [0.5, 0.6) is 0 Å². The summed E-state index contributed by atoms with van der Waals surface area (Å²) in [5.74, 6) is 0.293. The Labute approximate surface area is 261 Å². The zero-order valence-electron chi connectivity index (χ0n) is 28.4. The fourth-order valence-electron chi connectivity index (χ4n) is 5.45. The van der Waals surface area contributed by atoms with Gasteiger partial charge in [0.1, 0.15) is 19.3 Å². The SMILES string of the molecule is CCCCCCCCCCCCCCC(=O)OC[C@H](O)COC(=O)CCCCCCCCCCCCCCCC(C)C. The predicted octanol–water partition coefficient (Wildman–Crippen LogP) is 11.0. The van der Waals surface area contributed by atoms with Gasteiger partial charge < -0.3 is 14.6 Å². The molecule has 0 saturated heterocycles. The van der Waals surface area contributed by atoms with Crippen molar-refractivity contribution < 1.29 is 24.2 Å². The van der Waals surface area contributed by atoms with Gasteiger partial charge in [0.25, 0.3) is 0 Å². The Morgan fingerprint density at radius 2 is 0.762 bits per heavy atom. The van der Waals surface area contributed by atoms with Gasteiger partial charge in [-0.05, 0) is 18.8 Å². The lowest BCUT2D eigenvalue weighted by Crippen LogP contribution is -2.25. The Balaban J connectivity index is 3.39. The summed E-state index contributed by atoms with van der Waals surface area (Å²) in [5, 5.41) is 9.98. The van der Waals surface area contributed by atoms with E-state index >= 15 is 0 Å². The van der Waals surface area contributed by atoms with Crippen molar-refractivity contribution in [2.75, 3.05) is 13.2 Å². The summed E-state index contributed by atoms with van der Waals surface area (Å²) in [6.07, 6.45) is 32.9. The molecule has 250 valence electrons. The van der Waals surface area contributed by atoms with Crippen LogP contribution in [0.2, 0.25) is 0 Å². The molecule has 5 nitrogen and oxygen atoms in total. The monoisotopic (exact) mass is 597 g/mol. The third-order valence-corrected chi connectivity index (χ3v) is 8.27. The molecule has 0 amide bonds. The number of aliphatic hydroxyl groups is 1. The van der Waals surface area contributed by atoms with Crippen LogP contribution in [0.4, 0.5) is 0 Å². The second kappa shape index (κ2) is 32.8. The first-order valence-corrected chi connectivity index (χ1v) is 18.4. The zero-order chi connectivity index (χ0) is 30.9. The minimum absolute atomic E-state index is 0.108. The number of aliphatic hydroxyl groups excluding tert-OH is 1. The van der Waals surface area contributed by atoms with Gasteiger partial charge in [0, 0.05) is 12.8 Å². The molecule has 0 saturated carbocycles. The maximum absolute atomic E-state index is 11.9. The Morgan fingerprint density at radius 1 is 0.476 bits per heavy atom. The van der Waals surface area contributed by atoms with Crippen LogP contribution in [-0.2, 0) is 19.1 Å². The van der Waals surface area contributed by atoms with E-state index in [9.17, 15) is 14.7 Å². The highest BCUT2D eigenvalue weighted by atomic mass is 16.6. The van der Waals surface area contributed by atoms with Gasteiger partial charge in [-0.1, -0.05) is 175 Å². The van der Waals surface area contributed by atoms with Crippen LogP contribution in [0.25, 0.3) is 0 Å². The van der Waals surface area contributed by atoms with Crippen LogP contribution < -0.4 is 0 Å². The van der Waals surface area contributed by atoms with Gasteiger partial charge in [-0.15, -0.1) is 0 Å². The van der Waals surface area contributed by atoms with Crippen molar-refractivity contribution in [3.05, 3.63) is 0 Å². The lowest BCUT2D eigenvalue weighted by Gasteiger charge is -2.12. The summed E-state index contributed by atoms with van der Waals surface area (Å²) in [5.41, 5.74) is 0. The molecule has 0 unspecified atom stereocenters. The van der Waals surface area contributed by atoms with E-state index in [0.29, 0.717) is 12.8 Å². The molecule has 1 N–H and O–H groups in total. The van der Waals surface area contributed by atoms with Crippen molar-refractivity contribution in [3.63, 3.8) is 0 Å². The Morgan fingerprint density at radius 3 is 1.07 bits per heavy atom. The fourth-order valence-corrected chi connectivity index (χ4v) is 5.45. The highest BCUT2D eigenvalue weighted by Crippen LogP contribution is 2.15. The smallest absolute Gasteiger partial charge is 0.305 e. The van der Waals surface area contributed by atoms with E-state index in [1.165, 1.54) is 141 Å². The Kier molecular flexibility index (Phi) is 31.9. The zero-order valence-corrected chi connectivity index (χ0v) is 28.4. The Bertz CT molecular complexity index is 577. The van der Waals surface area contributed by atoms with Crippen LogP contribution in [0.3, 0.4) is 0 Å². The summed E-state index contributed by atoms with van der Waals surface area (Å²) in [4.78, 5) is 23.8. The molecule has 0 aliphatic heterocycles. The van der Waals surface area contributed by atoms with E-state index in [0.717, 1.165) is 31.6 Å². The Hall–Kier alpha value is -1.10. The molecule has 0 heterocycles. The van der Waals surface area contributed by atoms with Gasteiger partial charge in [0.15, 0.2) is 0 Å². The number of hydrogen-bond donors (Lipinski definition) is 1. The van der Waals surface area contributed by atoms with E-state index in [-0.39, 0.29) is 25.2 Å². The third kappa shape index (κ3) is 33.4. The van der Waals surface area contributed by atoms with Gasteiger partial charge in [-0.25, -0.2) is 0 Å². The lowest BCUT2D eigenvalue weighted by atomic mass is 10.0. The summed E-state index contributed by atoms with van der Waals surface area (Å²) in [7, 11) is 0. The molecule has 0 fully saturated rings. The highest BCUT2D eigenvalue weighted by Gasteiger charge is 2.12. The minimum Gasteiger partial charge on any atom is -0.463 e. The molecular formula is C37H72O5. The topological polar surface area (TPSA) is 72.8 Å². The first-order chi connectivity index (χ1) is 20.5. The first-order valence-electron chi connectivity index (χ1n) is 18.4. The molecule has 0 aliphatic carbocycles. The van der Waals surface area contributed by atoms with E-state index in [1.54, 1.807) is 0 Å². The number of rotatable bonds is 33. The predicted molar refractivity (Wildman–Crippen MR) is 178 cm³/mol. The largest absolute Gasteiger partial charge is 0.463 e. The van der Waals surface area contributed by atoms with E-state index in [4.69, 9.17) is 9.47 Å². The molecule has 0 rings (SSSR count). The molecule has 42 heavy (non-hydrogen) atoms. The summed E-state index contributed by atoms with van der Waals surface area (Å²) in [6, 6.07) is 0. The molecule has 1 atom stereocenters. The fraction of sp³-hybridized carbons (Fsp3) is 0.946. The summed E-state index contributed by atoms with van der Waals surface area (Å²) in [6.45, 7) is 6.66. The molecule has 0 bridgehead atoms. The second-order valence-electron chi connectivity index (χ2n) is 13.2. The number of carbonyl (C=O) groups is 2. The second-order valence-corrected chi connectivity index (χ2v) is 13.2. The average Bonchev–Trinajstić information content (AvgIpc) is 2.97. The third-order valence-electron chi connectivity index (χ3n) is 8.27.